The molecule has 1 aliphatic heterocycles. The van der Waals surface area contributed by atoms with Gasteiger partial charge < -0.3 is 4.57 Å². The molecule has 52 valence electrons. The van der Waals surface area contributed by atoms with Crippen LogP contribution < -0.4 is 0 Å². The number of hydrogen-bond donors (Lipinski definition) is 0. The number of aromatic nitrogens is 1. The van der Waals surface area contributed by atoms with Crippen molar-refractivity contribution in [1.82, 2.24) is 4.57 Å². The molecule has 0 atom stereocenters. The molecule has 0 aliphatic carbocycles. The van der Waals surface area contributed by atoms with Gasteiger partial charge in [-0.15, -0.1) is 0 Å². The number of aliphatic imine (C=N–C) groups is 1. The normalized spacial score (nSPS) is 17.4. The molecule has 2 heterocycles. The summed E-state index contributed by atoms with van der Waals surface area (Å²) in [4.78, 5) is 4.36. The zero-order valence-corrected chi connectivity index (χ0v) is 5.83. The summed E-state index contributed by atoms with van der Waals surface area (Å²) in [5.41, 5.74) is 0. The van der Waals surface area contributed by atoms with E-state index >= 15 is 0 Å². The van der Waals surface area contributed by atoms with Crippen molar-refractivity contribution < 1.29 is 0 Å². The minimum atomic E-state index is 1.01. The summed E-state index contributed by atoms with van der Waals surface area (Å²) in [5.74, 6) is 1.21. The van der Waals surface area contributed by atoms with Crippen molar-refractivity contribution in [3.8, 4) is 0 Å². The van der Waals surface area contributed by atoms with E-state index in [0.717, 1.165) is 13.0 Å². The van der Waals surface area contributed by atoms with Gasteiger partial charge in [-0.2, -0.15) is 0 Å². The van der Waals surface area contributed by atoms with Crippen LogP contribution in [0.25, 0.3) is 0 Å². The van der Waals surface area contributed by atoms with E-state index in [1.165, 1.54) is 12.3 Å². The van der Waals surface area contributed by atoms with Gasteiger partial charge in [-0.1, -0.05) is 0 Å². The van der Waals surface area contributed by atoms with E-state index in [9.17, 15) is 0 Å². The molecule has 0 bridgehead atoms. The SMILES string of the molecule is c1ccn(C2=NCCC2)c1. The van der Waals surface area contributed by atoms with Crippen molar-refractivity contribution in [3.63, 3.8) is 0 Å². The lowest BCUT2D eigenvalue weighted by molar-refractivity contribution is 0.945. The Morgan fingerprint density at radius 1 is 1.30 bits per heavy atom. The fourth-order valence-electron chi connectivity index (χ4n) is 1.24. The highest BCUT2D eigenvalue weighted by Crippen LogP contribution is 2.06. The summed E-state index contributed by atoms with van der Waals surface area (Å²) in [6.07, 6.45) is 6.44. The third kappa shape index (κ3) is 0.856. The summed E-state index contributed by atoms with van der Waals surface area (Å²) < 4.78 is 2.09. The summed E-state index contributed by atoms with van der Waals surface area (Å²) in [6.45, 7) is 1.01. The lowest BCUT2D eigenvalue weighted by Gasteiger charge is -1.98. The number of rotatable bonds is 0. The summed E-state index contributed by atoms with van der Waals surface area (Å²) in [5, 5.41) is 0. The molecular formula is C8H10N2. The molecule has 0 N–H and O–H groups in total. The van der Waals surface area contributed by atoms with Gasteiger partial charge in [0.2, 0.25) is 0 Å². The van der Waals surface area contributed by atoms with E-state index in [4.69, 9.17) is 0 Å². The second-order valence-electron chi connectivity index (χ2n) is 2.49. The average molecular weight is 134 g/mol. The second-order valence-corrected chi connectivity index (χ2v) is 2.49. The Balaban J connectivity index is 2.28. The maximum atomic E-state index is 4.36. The third-order valence-electron chi connectivity index (χ3n) is 1.76. The molecule has 1 aliphatic rings. The van der Waals surface area contributed by atoms with Crippen LogP contribution in [0.15, 0.2) is 29.5 Å². The van der Waals surface area contributed by atoms with Crippen molar-refractivity contribution in [2.75, 3.05) is 6.54 Å². The summed E-state index contributed by atoms with van der Waals surface area (Å²) in [7, 11) is 0. The molecule has 0 saturated heterocycles. The van der Waals surface area contributed by atoms with Crippen LogP contribution in [0.2, 0.25) is 0 Å². The fourth-order valence-corrected chi connectivity index (χ4v) is 1.24. The first-order valence-electron chi connectivity index (χ1n) is 3.63. The molecule has 2 nitrogen and oxygen atoms in total. The van der Waals surface area contributed by atoms with Gasteiger partial charge >= 0.3 is 0 Å². The van der Waals surface area contributed by atoms with E-state index in [1.807, 2.05) is 24.5 Å². The average Bonchev–Trinajstić information content (AvgIpc) is 2.59. The van der Waals surface area contributed by atoms with Gasteiger partial charge in [0.1, 0.15) is 5.84 Å². The Labute approximate surface area is 60.2 Å². The molecule has 1 aromatic rings. The molecular weight excluding hydrogens is 124 g/mol. The quantitative estimate of drug-likeness (QED) is 0.512. The van der Waals surface area contributed by atoms with Gasteiger partial charge in [0.15, 0.2) is 0 Å². The maximum Gasteiger partial charge on any atom is 0.107 e. The molecule has 0 fully saturated rings. The van der Waals surface area contributed by atoms with Gasteiger partial charge in [0, 0.05) is 25.4 Å². The predicted molar refractivity (Wildman–Crippen MR) is 41.4 cm³/mol. The van der Waals surface area contributed by atoms with Crippen LogP contribution in [0.3, 0.4) is 0 Å². The lowest BCUT2D eigenvalue weighted by atomic mass is 10.3. The van der Waals surface area contributed by atoms with E-state index in [2.05, 4.69) is 9.56 Å². The van der Waals surface area contributed by atoms with Crippen molar-refractivity contribution in [1.29, 1.82) is 0 Å². The second kappa shape index (κ2) is 2.29. The molecule has 2 rings (SSSR count). The molecule has 1 aromatic heterocycles. The molecule has 0 radical (unpaired) electrons. The van der Waals surface area contributed by atoms with Crippen molar-refractivity contribution in [3.05, 3.63) is 24.5 Å². The third-order valence-corrected chi connectivity index (χ3v) is 1.76. The van der Waals surface area contributed by atoms with Gasteiger partial charge in [-0.3, -0.25) is 4.99 Å². The monoisotopic (exact) mass is 134 g/mol. The number of hydrogen-bond acceptors (Lipinski definition) is 1. The van der Waals surface area contributed by atoms with Crippen LogP contribution >= 0.6 is 0 Å². The van der Waals surface area contributed by atoms with E-state index < -0.39 is 0 Å². The van der Waals surface area contributed by atoms with Crippen LogP contribution in [-0.2, 0) is 0 Å². The highest BCUT2D eigenvalue weighted by molar-refractivity contribution is 5.85. The Bertz CT molecular complexity index is 234. The van der Waals surface area contributed by atoms with Crippen LogP contribution in [0.5, 0.6) is 0 Å². The molecule has 0 aromatic carbocycles. The Kier molecular flexibility index (Phi) is 1.31. The van der Waals surface area contributed by atoms with Gasteiger partial charge in [-0.05, 0) is 18.6 Å². The largest absolute Gasteiger partial charge is 0.312 e. The molecule has 0 spiro atoms. The lowest BCUT2D eigenvalue weighted by Crippen LogP contribution is -2.04. The minimum Gasteiger partial charge on any atom is -0.312 e. The van der Waals surface area contributed by atoms with Crippen molar-refractivity contribution in [2.45, 2.75) is 12.8 Å². The van der Waals surface area contributed by atoms with Gasteiger partial charge in [0.25, 0.3) is 0 Å². The summed E-state index contributed by atoms with van der Waals surface area (Å²) in [6, 6.07) is 4.06. The van der Waals surface area contributed by atoms with Crippen LogP contribution in [0.1, 0.15) is 12.8 Å². The zero-order chi connectivity index (χ0) is 6.81. The highest BCUT2D eigenvalue weighted by atomic mass is 15.1. The smallest absolute Gasteiger partial charge is 0.107 e. The maximum absolute atomic E-state index is 4.36. The van der Waals surface area contributed by atoms with E-state index in [0.29, 0.717) is 0 Å². The highest BCUT2D eigenvalue weighted by Gasteiger charge is 2.05. The van der Waals surface area contributed by atoms with Gasteiger partial charge in [0.05, 0.1) is 0 Å². The first kappa shape index (κ1) is 5.71. The van der Waals surface area contributed by atoms with Crippen LogP contribution in [0, 0.1) is 0 Å². The fraction of sp³-hybridized carbons (Fsp3) is 0.375. The van der Waals surface area contributed by atoms with E-state index in [1.54, 1.807) is 0 Å². The molecule has 0 unspecified atom stereocenters. The Hall–Kier alpha value is -1.05. The molecule has 0 saturated carbocycles. The van der Waals surface area contributed by atoms with Crippen LogP contribution in [-0.4, -0.2) is 16.9 Å². The Morgan fingerprint density at radius 2 is 2.10 bits per heavy atom. The minimum absolute atomic E-state index is 1.01. The molecule has 2 heteroatoms. The van der Waals surface area contributed by atoms with Crippen molar-refractivity contribution >= 4 is 5.84 Å². The number of nitrogens with zero attached hydrogens (tertiary/aromatic N) is 2. The van der Waals surface area contributed by atoms with Crippen LogP contribution in [0.4, 0.5) is 0 Å². The molecule has 0 amide bonds. The van der Waals surface area contributed by atoms with Gasteiger partial charge in [-0.25, -0.2) is 0 Å². The first-order valence-corrected chi connectivity index (χ1v) is 3.63. The molecule has 10 heavy (non-hydrogen) atoms. The predicted octanol–water partition coefficient (Wildman–Crippen LogP) is 1.53. The topological polar surface area (TPSA) is 17.3 Å². The van der Waals surface area contributed by atoms with E-state index in [-0.39, 0.29) is 0 Å². The van der Waals surface area contributed by atoms with Crippen molar-refractivity contribution in [2.24, 2.45) is 4.99 Å². The zero-order valence-electron chi connectivity index (χ0n) is 5.83. The Morgan fingerprint density at radius 3 is 2.70 bits per heavy atom. The standard InChI is InChI=1S/C8H10N2/c1-2-7-10(6-1)8-4-3-5-9-8/h1-2,6-7H,3-5H2. The first-order chi connectivity index (χ1) is 4.97. The summed E-state index contributed by atoms with van der Waals surface area (Å²) >= 11 is 0.